The lowest BCUT2D eigenvalue weighted by Crippen LogP contribution is -2.48. The molecule has 0 saturated carbocycles. The topological polar surface area (TPSA) is 103 Å². The summed E-state index contributed by atoms with van der Waals surface area (Å²) < 4.78 is 0. The third kappa shape index (κ3) is 3.81. The van der Waals surface area contributed by atoms with Gasteiger partial charge in [-0.3, -0.25) is 14.9 Å². The van der Waals surface area contributed by atoms with Gasteiger partial charge in [0, 0.05) is 30.9 Å². The molecular weight excluding hydrogens is 406 g/mol. The smallest absolute Gasteiger partial charge is 0.322 e. The summed E-state index contributed by atoms with van der Waals surface area (Å²) in [6.45, 7) is 9.07. The lowest BCUT2D eigenvalue weighted by atomic mass is 9.79. The maximum absolute atomic E-state index is 13.1. The molecule has 168 valence electrons. The van der Waals surface area contributed by atoms with Crippen molar-refractivity contribution in [2.45, 2.75) is 45.7 Å². The van der Waals surface area contributed by atoms with Crippen LogP contribution in [-0.2, 0) is 10.3 Å². The molecule has 2 aromatic rings. The van der Waals surface area contributed by atoms with Crippen LogP contribution < -0.4 is 16.0 Å². The molecule has 0 radical (unpaired) electrons. The summed E-state index contributed by atoms with van der Waals surface area (Å²) in [6.07, 6.45) is 2.69. The molecular formula is C24H29N5O3. The molecule has 8 heteroatoms. The summed E-state index contributed by atoms with van der Waals surface area (Å²) in [5.41, 5.74) is 2.30. The fraction of sp³-hybridized carbons (Fsp3) is 0.417. The van der Waals surface area contributed by atoms with Gasteiger partial charge >= 0.3 is 6.03 Å². The molecule has 4 rings (SSSR count). The first-order valence-corrected chi connectivity index (χ1v) is 10.9. The molecule has 0 aliphatic carbocycles. The Morgan fingerprint density at radius 2 is 1.94 bits per heavy atom. The molecule has 2 saturated heterocycles. The molecule has 32 heavy (non-hydrogen) atoms. The molecule has 2 aliphatic heterocycles. The van der Waals surface area contributed by atoms with E-state index in [1.54, 1.807) is 24.3 Å². The van der Waals surface area contributed by atoms with E-state index in [0.717, 1.165) is 23.4 Å². The minimum absolute atomic E-state index is 0.0482. The third-order valence-corrected chi connectivity index (χ3v) is 6.38. The summed E-state index contributed by atoms with van der Waals surface area (Å²) in [5, 5.41) is 8.55. The van der Waals surface area contributed by atoms with Crippen LogP contribution in [0.5, 0.6) is 0 Å². The molecule has 1 aromatic heterocycles. The fourth-order valence-electron chi connectivity index (χ4n) is 4.59. The number of urea groups is 1. The number of anilines is 1. The average Bonchev–Trinajstić information content (AvgIpc) is 3.34. The molecule has 8 nitrogen and oxygen atoms in total. The second-order valence-corrected chi connectivity index (χ2v) is 9.01. The highest BCUT2D eigenvalue weighted by molar-refractivity contribution is 6.07. The van der Waals surface area contributed by atoms with Gasteiger partial charge in [0.2, 0.25) is 0 Å². The van der Waals surface area contributed by atoms with Crippen LogP contribution in [0.2, 0.25) is 0 Å². The zero-order valence-corrected chi connectivity index (χ0v) is 18.9. The molecule has 1 aromatic carbocycles. The zero-order chi connectivity index (χ0) is 23.0. The van der Waals surface area contributed by atoms with Crippen molar-refractivity contribution in [1.29, 1.82) is 0 Å². The molecule has 3 heterocycles. The third-order valence-electron chi connectivity index (χ3n) is 6.38. The Morgan fingerprint density at radius 3 is 2.53 bits per heavy atom. The van der Waals surface area contributed by atoms with Crippen molar-refractivity contribution in [3.05, 3.63) is 58.8 Å². The Labute approximate surface area is 187 Å². The number of nitrogens with one attached hydrogen (secondary N) is 3. The Morgan fingerprint density at radius 1 is 1.22 bits per heavy atom. The van der Waals surface area contributed by atoms with E-state index >= 15 is 0 Å². The van der Waals surface area contributed by atoms with Crippen molar-refractivity contribution < 1.29 is 14.4 Å². The van der Waals surface area contributed by atoms with E-state index in [-0.39, 0.29) is 23.8 Å². The molecule has 0 bridgehead atoms. The van der Waals surface area contributed by atoms with Crippen molar-refractivity contribution in [1.82, 2.24) is 20.5 Å². The zero-order valence-electron chi connectivity index (χ0n) is 18.9. The highest BCUT2D eigenvalue weighted by atomic mass is 16.2. The lowest BCUT2D eigenvalue weighted by molar-refractivity contribution is -0.125. The minimum Gasteiger partial charge on any atom is -0.365 e. The number of hydrogen-bond acceptors (Lipinski definition) is 5. The van der Waals surface area contributed by atoms with Crippen LogP contribution in [0.25, 0.3) is 0 Å². The van der Waals surface area contributed by atoms with Crippen molar-refractivity contribution in [3.63, 3.8) is 0 Å². The van der Waals surface area contributed by atoms with Crippen LogP contribution in [0.15, 0.2) is 36.5 Å². The first-order valence-electron chi connectivity index (χ1n) is 10.9. The largest absolute Gasteiger partial charge is 0.365 e. The number of hydrogen-bond donors (Lipinski definition) is 3. The van der Waals surface area contributed by atoms with E-state index < -0.39 is 11.6 Å². The van der Waals surface area contributed by atoms with Gasteiger partial charge < -0.3 is 15.5 Å². The minimum atomic E-state index is -1.12. The van der Waals surface area contributed by atoms with Gasteiger partial charge in [-0.1, -0.05) is 32.0 Å². The summed E-state index contributed by atoms with van der Waals surface area (Å²) in [5.74, 6) is 0.285. The predicted octanol–water partition coefficient (Wildman–Crippen LogP) is 2.72. The number of nitrogens with zero attached hydrogens (tertiary/aromatic N) is 2. The molecule has 0 spiro atoms. The monoisotopic (exact) mass is 435 g/mol. The molecule has 4 amide bonds. The number of amides is 4. The number of pyridine rings is 1. The van der Waals surface area contributed by atoms with Crippen molar-refractivity contribution in [3.8, 4) is 0 Å². The maximum Gasteiger partial charge on any atom is 0.322 e. The van der Waals surface area contributed by atoms with Crippen molar-refractivity contribution in [2.75, 3.05) is 18.4 Å². The number of rotatable bonds is 5. The van der Waals surface area contributed by atoms with Gasteiger partial charge in [0.25, 0.3) is 11.8 Å². The highest BCUT2D eigenvalue weighted by Crippen LogP contribution is 2.33. The molecule has 2 aliphatic rings. The van der Waals surface area contributed by atoms with Crippen LogP contribution in [0.4, 0.5) is 10.6 Å². The van der Waals surface area contributed by atoms with Gasteiger partial charge in [0.15, 0.2) is 0 Å². The number of carbonyl (C=O) groups excluding carboxylic acids is 3. The standard InChI is InChI=1S/C24H29N5O3/c1-14(2)24(22(31)27-23(32)28-24)18-7-5-17(6-8-18)21(30)29-10-9-19(13-29)26-20-16(4)11-15(3)12-25-20/h5-8,11-12,14,19H,9-10,13H2,1-4H3,(H,25,26)(H2,27,28,31,32)/t19-,24-/m1/s1. The van der Waals surface area contributed by atoms with Crippen LogP contribution in [0.3, 0.4) is 0 Å². The summed E-state index contributed by atoms with van der Waals surface area (Å²) >= 11 is 0. The van der Waals surface area contributed by atoms with E-state index in [4.69, 9.17) is 0 Å². The molecule has 2 atom stereocenters. The first kappa shape index (κ1) is 21.8. The fourth-order valence-corrected chi connectivity index (χ4v) is 4.59. The number of imide groups is 1. The van der Waals surface area contributed by atoms with Gasteiger partial charge in [-0.25, -0.2) is 9.78 Å². The normalized spacial score (nSPS) is 22.8. The number of carbonyl (C=O) groups is 3. The number of aromatic nitrogens is 1. The van der Waals surface area contributed by atoms with Crippen LogP contribution in [-0.4, -0.2) is 46.9 Å². The quantitative estimate of drug-likeness (QED) is 0.627. The van der Waals surface area contributed by atoms with E-state index in [2.05, 4.69) is 27.0 Å². The molecule has 2 fully saturated rings. The summed E-state index contributed by atoms with van der Waals surface area (Å²) in [7, 11) is 0. The second kappa shape index (κ2) is 8.26. The predicted molar refractivity (Wildman–Crippen MR) is 121 cm³/mol. The van der Waals surface area contributed by atoms with Crippen LogP contribution in [0, 0.1) is 19.8 Å². The van der Waals surface area contributed by atoms with Gasteiger partial charge in [-0.2, -0.15) is 0 Å². The summed E-state index contributed by atoms with van der Waals surface area (Å²) in [6, 6.07) is 8.70. The molecule has 3 N–H and O–H groups in total. The second-order valence-electron chi connectivity index (χ2n) is 9.01. The van der Waals surface area contributed by atoms with E-state index in [1.165, 1.54) is 0 Å². The molecule has 0 unspecified atom stereocenters. The van der Waals surface area contributed by atoms with Crippen LogP contribution in [0.1, 0.15) is 47.3 Å². The maximum atomic E-state index is 13.1. The first-order chi connectivity index (χ1) is 15.2. The van der Waals surface area contributed by atoms with E-state index in [9.17, 15) is 14.4 Å². The Bertz CT molecular complexity index is 1070. The van der Waals surface area contributed by atoms with E-state index in [0.29, 0.717) is 24.2 Å². The Kier molecular flexibility index (Phi) is 5.62. The number of likely N-dealkylation sites (tertiary alicyclic amines) is 1. The Hall–Kier alpha value is -3.42. The van der Waals surface area contributed by atoms with Gasteiger partial charge in [-0.05, 0) is 55.0 Å². The van der Waals surface area contributed by atoms with Gasteiger partial charge in [-0.15, -0.1) is 0 Å². The van der Waals surface area contributed by atoms with Gasteiger partial charge in [0.1, 0.15) is 11.4 Å². The van der Waals surface area contributed by atoms with Crippen LogP contribution >= 0.6 is 0 Å². The van der Waals surface area contributed by atoms with Gasteiger partial charge in [0.05, 0.1) is 0 Å². The van der Waals surface area contributed by atoms with E-state index in [1.807, 2.05) is 38.8 Å². The number of benzene rings is 1. The highest BCUT2D eigenvalue weighted by Gasteiger charge is 2.50. The summed E-state index contributed by atoms with van der Waals surface area (Å²) in [4.78, 5) is 43.7. The Balaban J connectivity index is 1.45. The lowest BCUT2D eigenvalue weighted by Gasteiger charge is -2.30. The van der Waals surface area contributed by atoms with Crippen molar-refractivity contribution >= 4 is 23.7 Å². The van der Waals surface area contributed by atoms with Crippen molar-refractivity contribution in [2.24, 2.45) is 5.92 Å². The SMILES string of the molecule is Cc1cnc(N[C@@H]2CCN(C(=O)c3ccc([C@@]4(C(C)C)NC(=O)NC4=O)cc3)C2)c(C)c1. The number of aryl methyl sites for hydroxylation is 2. The average molecular weight is 436 g/mol.